The van der Waals surface area contributed by atoms with Crippen LogP contribution in [0.25, 0.3) is 0 Å². The number of methoxy groups -OCH3 is 1. The van der Waals surface area contributed by atoms with Crippen molar-refractivity contribution in [2.75, 3.05) is 51.8 Å². The lowest BCUT2D eigenvalue weighted by Gasteiger charge is -2.36. The molecule has 1 N–H and O–H groups in total. The number of likely N-dealkylation sites (N-methyl/N-ethyl adjacent to an activating group) is 1. The molecule has 144 valence electrons. The second-order valence-electron chi connectivity index (χ2n) is 7.00. The number of nitrogens with zero attached hydrogens (tertiary/aromatic N) is 2. The van der Waals surface area contributed by atoms with Crippen molar-refractivity contribution in [3.05, 3.63) is 59.1 Å². The molecule has 1 amide bonds. The minimum Gasteiger partial charge on any atom is -0.497 e. The molecule has 0 radical (unpaired) electrons. The van der Waals surface area contributed by atoms with Crippen molar-refractivity contribution in [2.45, 2.75) is 6.54 Å². The first kappa shape index (κ1) is 19.5. The van der Waals surface area contributed by atoms with Gasteiger partial charge in [-0.2, -0.15) is 0 Å². The van der Waals surface area contributed by atoms with Crippen molar-refractivity contribution in [1.82, 2.24) is 4.90 Å². The molecule has 1 unspecified atom stereocenters. The monoisotopic (exact) mass is 388 g/mol. The predicted octanol–water partition coefficient (Wildman–Crippen LogP) is 1.71. The van der Waals surface area contributed by atoms with Gasteiger partial charge in [0.05, 0.1) is 14.2 Å². The van der Waals surface area contributed by atoms with Crippen molar-refractivity contribution >= 4 is 23.2 Å². The highest BCUT2D eigenvalue weighted by atomic mass is 35.5. The number of ether oxygens (including phenoxy) is 1. The number of benzene rings is 2. The summed E-state index contributed by atoms with van der Waals surface area (Å²) in [5, 5.41) is 0.738. The number of hydrogen-bond donors (Lipinski definition) is 1. The molecule has 2 aromatic carbocycles. The maximum atomic E-state index is 12.6. The number of halogens is 1. The predicted molar refractivity (Wildman–Crippen MR) is 109 cm³/mol. The maximum Gasteiger partial charge on any atom is 0.277 e. The zero-order valence-electron chi connectivity index (χ0n) is 16.0. The standard InChI is InChI=1S/C21H26ClN3O2/c1-23(15-17-3-5-18(22)6-4-17)16-21(26)25-13-11-24(12-14-25)19-7-9-20(27-2)10-8-19/h3-10H,11-16H2,1-2H3/p+1. The number of carbonyl (C=O) groups excluding carboxylic acids is 1. The van der Waals surface area contributed by atoms with Crippen LogP contribution in [0.5, 0.6) is 5.75 Å². The summed E-state index contributed by atoms with van der Waals surface area (Å²) in [6.45, 7) is 4.56. The third-order valence-electron chi connectivity index (χ3n) is 4.94. The van der Waals surface area contributed by atoms with Crippen LogP contribution in [0.4, 0.5) is 5.69 Å². The molecule has 1 aliphatic heterocycles. The van der Waals surface area contributed by atoms with E-state index in [1.165, 1.54) is 16.2 Å². The summed E-state index contributed by atoms with van der Waals surface area (Å²) < 4.78 is 5.21. The van der Waals surface area contributed by atoms with E-state index >= 15 is 0 Å². The van der Waals surface area contributed by atoms with Crippen LogP contribution in [0.2, 0.25) is 5.02 Å². The zero-order chi connectivity index (χ0) is 19.2. The molecule has 1 heterocycles. The average molecular weight is 389 g/mol. The Bertz CT molecular complexity index is 741. The van der Waals surface area contributed by atoms with E-state index in [0.717, 1.165) is 43.5 Å². The highest BCUT2D eigenvalue weighted by Gasteiger charge is 2.23. The fraction of sp³-hybridized carbons (Fsp3) is 0.381. The summed E-state index contributed by atoms with van der Waals surface area (Å²) in [4.78, 5) is 18.1. The van der Waals surface area contributed by atoms with Gasteiger partial charge in [0.1, 0.15) is 12.3 Å². The smallest absolute Gasteiger partial charge is 0.277 e. The van der Waals surface area contributed by atoms with Gasteiger partial charge in [-0.05, 0) is 36.4 Å². The van der Waals surface area contributed by atoms with Gasteiger partial charge in [-0.25, -0.2) is 0 Å². The number of rotatable bonds is 6. The summed E-state index contributed by atoms with van der Waals surface area (Å²) in [5.74, 6) is 1.08. The van der Waals surface area contributed by atoms with Gasteiger partial charge < -0.3 is 19.4 Å². The fourth-order valence-electron chi connectivity index (χ4n) is 3.39. The van der Waals surface area contributed by atoms with Gasteiger partial charge in [-0.1, -0.05) is 23.7 Å². The third-order valence-corrected chi connectivity index (χ3v) is 5.19. The molecule has 0 saturated carbocycles. The molecule has 27 heavy (non-hydrogen) atoms. The fourth-order valence-corrected chi connectivity index (χ4v) is 3.52. The van der Waals surface area contributed by atoms with Gasteiger partial charge in [0, 0.05) is 42.5 Å². The second kappa shape index (κ2) is 9.11. The quantitative estimate of drug-likeness (QED) is 0.818. The first-order valence-corrected chi connectivity index (χ1v) is 9.65. The Hall–Kier alpha value is -2.24. The number of piperazine rings is 1. The molecule has 0 bridgehead atoms. The van der Waals surface area contributed by atoms with Crippen molar-refractivity contribution in [3.8, 4) is 5.75 Å². The topological polar surface area (TPSA) is 37.2 Å². The van der Waals surface area contributed by atoms with Gasteiger partial charge in [0.2, 0.25) is 0 Å². The van der Waals surface area contributed by atoms with Crippen LogP contribution in [0.1, 0.15) is 5.56 Å². The molecule has 2 aromatic rings. The molecular formula is C21H27ClN3O2+. The largest absolute Gasteiger partial charge is 0.497 e. The van der Waals surface area contributed by atoms with Gasteiger partial charge >= 0.3 is 0 Å². The molecule has 0 aromatic heterocycles. The molecule has 1 aliphatic rings. The minimum atomic E-state index is 0.218. The van der Waals surface area contributed by atoms with Gasteiger partial charge in [0.15, 0.2) is 6.54 Å². The van der Waals surface area contributed by atoms with E-state index in [1.54, 1.807) is 7.11 Å². The van der Waals surface area contributed by atoms with Crippen LogP contribution in [-0.2, 0) is 11.3 Å². The van der Waals surface area contributed by atoms with Gasteiger partial charge in [-0.3, -0.25) is 4.79 Å². The maximum absolute atomic E-state index is 12.6. The lowest BCUT2D eigenvalue weighted by Crippen LogP contribution is -3.09. The Morgan fingerprint density at radius 2 is 1.67 bits per heavy atom. The van der Waals surface area contributed by atoms with Crippen LogP contribution in [0.3, 0.4) is 0 Å². The number of anilines is 1. The van der Waals surface area contributed by atoms with Crippen LogP contribution < -0.4 is 14.5 Å². The first-order chi connectivity index (χ1) is 13.0. The van der Waals surface area contributed by atoms with E-state index in [2.05, 4.69) is 24.1 Å². The molecule has 5 nitrogen and oxygen atoms in total. The normalized spacial score (nSPS) is 15.5. The van der Waals surface area contributed by atoms with E-state index in [0.29, 0.717) is 6.54 Å². The summed E-state index contributed by atoms with van der Waals surface area (Å²) in [7, 11) is 3.73. The molecule has 0 spiro atoms. The Morgan fingerprint density at radius 3 is 2.26 bits per heavy atom. The SMILES string of the molecule is COc1ccc(N2CCN(C(=O)C[NH+](C)Cc3ccc(Cl)cc3)CC2)cc1. The highest BCUT2D eigenvalue weighted by Crippen LogP contribution is 2.20. The number of nitrogens with one attached hydrogen (secondary N) is 1. The Labute approximate surface area is 166 Å². The summed E-state index contributed by atoms with van der Waals surface area (Å²) in [6, 6.07) is 15.9. The zero-order valence-corrected chi connectivity index (χ0v) is 16.7. The lowest BCUT2D eigenvalue weighted by atomic mass is 10.2. The average Bonchev–Trinajstić information content (AvgIpc) is 2.70. The van der Waals surface area contributed by atoms with Gasteiger partial charge in [0.25, 0.3) is 5.91 Å². The Kier molecular flexibility index (Phi) is 6.58. The molecule has 3 rings (SSSR count). The molecule has 1 fully saturated rings. The van der Waals surface area contributed by atoms with Crippen molar-refractivity contribution < 1.29 is 14.4 Å². The molecular weight excluding hydrogens is 362 g/mol. The summed E-state index contributed by atoms with van der Waals surface area (Å²) in [6.07, 6.45) is 0. The number of amides is 1. The van der Waals surface area contributed by atoms with Crippen molar-refractivity contribution in [1.29, 1.82) is 0 Å². The van der Waals surface area contributed by atoms with Crippen LogP contribution in [0, 0.1) is 0 Å². The summed E-state index contributed by atoms with van der Waals surface area (Å²) >= 11 is 5.93. The van der Waals surface area contributed by atoms with E-state index in [4.69, 9.17) is 16.3 Å². The minimum absolute atomic E-state index is 0.218. The van der Waals surface area contributed by atoms with Gasteiger partial charge in [-0.15, -0.1) is 0 Å². The number of quaternary nitrogens is 1. The molecule has 1 atom stereocenters. The number of hydrogen-bond acceptors (Lipinski definition) is 3. The first-order valence-electron chi connectivity index (χ1n) is 9.27. The second-order valence-corrected chi connectivity index (χ2v) is 7.44. The van der Waals surface area contributed by atoms with E-state index in [-0.39, 0.29) is 5.91 Å². The summed E-state index contributed by atoms with van der Waals surface area (Å²) in [5.41, 5.74) is 2.36. The molecule has 1 saturated heterocycles. The van der Waals surface area contributed by atoms with E-state index in [9.17, 15) is 4.79 Å². The Morgan fingerprint density at radius 1 is 1.04 bits per heavy atom. The van der Waals surface area contributed by atoms with Crippen molar-refractivity contribution in [3.63, 3.8) is 0 Å². The number of carbonyl (C=O) groups is 1. The lowest BCUT2D eigenvalue weighted by molar-refractivity contribution is -0.885. The van der Waals surface area contributed by atoms with Crippen LogP contribution in [0.15, 0.2) is 48.5 Å². The molecule has 0 aliphatic carbocycles. The van der Waals surface area contributed by atoms with Crippen LogP contribution in [-0.4, -0.2) is 57.7 Å². The Balaban J connectivity index is 1.46. The van der Waals surface area contributed by atoms with E-state index in [1.807, 2.05) is 41.3 Å². The highest BCUT2D eigenvalue weighted by molar-refractivity contribution is 6.30. The van der Waals surface area contributed by atoms with Crippen molar-refractivity contribution in [2.24, 2.45) is 0 Å². The third kappa shape index (κ3) is 5.37. The van der Waals surface area contributed by atoms with E-state index < -0.39 is 0 Å². The molecule has 6 heteroatoms. The van der Waals surface area contributed by atoms with Crippen LogP contribution >= 0.6 is 11.6 Å².